The second-order valence-corrected chi connectivity index (χ2v) is 9.55. The number of ether oxygens (including phenoxy) is 1. The molecule has 0 radical (unpaired) electrons. The molecule has 0 saturated carbocycles. The molecule has 0 amide bonds. The first-order chi connectivity index (χ1) is 10.7. The Balaban J connectivity index is 2.21. The van der Waals surface area contributed by atoms with Crippen LogP contribution in [0.5, 0.6) is 0 Å². The number of nitrogens with zero attached hydrogens (tertiary/aromatic N) is 1. The largest absolute Gasteiger partial charge is 0.462 e. The fourth-order valence-electron chi connectivity index (χ4n) is 2.40. The second-order valence-electron chi connectivity index (χ2n) is 5.32. The molecule has 1 aliphatic rings. The van der Waals surface area contributed by atoms with Gasteiger partial charge in [0.1, 0.15) is 0 Å². The summed E-state index contributed by atoms with van der Waals surface area (Å²) in [5, 5.41) is 0. The lowest BCUT2D eigenvalue weighted by atomic mass is 10.2. The maximum atomic E-state index is 12.6. The summed E-state index contributed by atoms with van der Waals surface area (Å²) in [6, 6.07) is 4.84. The van der Waals surface area contributed by atoms with Gasteiger partial charge in [-0.15, -0.1) is 0 Å². The number of rotatable bonds is 5. The normalized spacial score (nSPS) is 20.6. The Hall–Kier alpha value is -1.45. The van der Waals surface area contributed by atoms with Crippen molar-refractivity contribution in [2.75, 3.05) is 25.2 Å². The molecular formula is C14H19NO6S2. The summed E-state index contributed by atoms with van der Waals surface area (Å²) in [5.74, 6) is -0.685. The molecule has 0 unspecified atom stereocenters. The highest BCUT2D eigenvalue weighted by Crippen LogP contribution is 2.23. The molecule has 7 nitrogen and oxygen atoms in total. The molecule has 128 valence electrons. The zero-order valence-corrected chi connectivity index (χ0v) is 14.6. The third-order valence-electron chi connectivity index (χ3n) is 3.77. The third-order valence-corrected chi connectivity index (χ3v) is 7.44. The number of hydrogen-bond acceptors (Lipinski definition) is 6. The molecule has 1 fully saturated rings. The topological polar surface area (TPSA) is 97.8 Å². The molecule has 1 aliphatic heterocycles. The molecule has 0 aliphatic carbocycles. The molecule has 1 aromatic rings. The van der Waals surface area contributed by atoms with Crippen LogP contribution in [0.15, 0.2) is 29.2 Å². The van der Waals surface area contributed by atoms with Gasteiger partial charge in [-0.3, -0.25) is 0 Å². The van der Waals surface area contributed by atoms with Crippen LogP contribution in [0.1, 0.15) is 23.7 Å². The lowest BCUT2D eigenvalue weighted by Gasteiger charge is -2.22. The Kier molecular flexibility index (Phi) is 5.12. The van der Waals surface area contributed by atoms with Gasteiger partial charge in [-0.05, 0) is 37.6 Å². The molecule has 9 heteroatoms. The molecular weight excluding hydrogens is 342 g/mol. The monoisotopic (exact) mass is 361 g/mol. The van der Waals surface area contributed by atoms with E-state index in [9.17, 15) is 21.6 Å². The Bertz CT molecular complexity index is 783. The van der Waals surface area contributed by atoms with Crippen molar-refractivity contribution in [1.29, 1.82) is 0 Å². The Morgan fingerprint density at radius 2 is 1.91 bits per heavy atom. The van der Waals surface area contributed by atoms with Crippen LogP contribution < -0.4 is 0 Å². The van der Waals surface area contributed by atoms with Crippen LogP contribution in [0.2, 0.25) is 0 Å². The third kappa shape index (κ3) is 3.91. The highest BCUT2D eigenvalue weighted by Gasteiger charge is 2.36. The van der Waals surface area contributed by atoms with Crippen LogP contribution >= 0.6 is 0 Å². The lowest BCUT2D eigenvalue weighted by Crippen LogP contribution is -2.37. The van der Waals surface area contributed by atoms with Gasteiger partial charge in [0.15, 0.2) is 9.84 Å². The number of carbonyl (C=O) groups is 1. The molecule has 1 atom stereocenters. The summed E-state index contributed by atoms with van der Waals surface area (Å²) in [7, 11) is -5.61. The minimum absolute atomic E-state index is 0.000672. The van der Waals surface area contributed by atoms with Gasteiger partial charge in [-0.2, -0.15) is 4.31 Å². The number of sulfonamides is 1. The number of sulfone groups is 1. The van der Waals surface area contributed by atoms with Gasteiger partial charge in [0, 0.05) is 13.1 Å². The molecule has 2 rings (SSSR count). The molecule has 23 heavy (non-hydrogen) atoms. The predicted molar refractivity (Wildman–Crippen MR) is 84.4 cm³/mol. The van der Waals surface area contributed by atoms with Crippen LogP contribution in [0.4, 0.5) is 0 Å². The van der Waals surface area contributed by atoms with Crippen molar-refractivity contribution in [3.63, 3.8) is 0 Å². The average Bonchev–Trinajstić information content (AvgIpc) is 2.87. The van der Waals surface area contributed by atoms with E-state index in [-0.39, 0.29) is 28.6 Å². The maximum absolute atomic E-state index is 12.6. The average molecular weight is 361 g/mol. The first-order valence-electron chi connectivity index (χ1n) is 7.13. The van der Waals surface area contributed by atoms with Crippen molar-refractivity contribution >= 4 is 25.8 Å². The summed E-state index contributed by atoms with van der Waals surface area (Å²) in [6.07, 6.45) is 0.291. The van der Waals surface area contributed by atoms with Gasteiger partial charge in [0.25, 0.3) is 0 Å². The van der Waals surface area contributed by atoms with E-state index in [0.717, 1.165) is 4.31 Å². The van der Waals surface area contributed by atoms with Gasteiger partial charge >= 0.3 is 5.97 Å². The fraction of sp³-hybridized carbons (Fsp3) is 0.500. The molecule has 0 N–H and O–H groups in total. The summed E-state index contributed by atoms with van der Waals surface area (Å²) >= 11 is 0. The van der Waals surface area contributed by atoms with Gasteiger partial charge < -0.3 is 4.74 Å². The van der Waals surface area contributed by atoms with Crippen molar-refractivity contribution in [2.24, 2.45) is 0 Å². The van der Waals surface area contributed by atoms with Crippen LogP contribution in [-0.2, 0) is 24.6 Å². The molecule has 0 aromatic heterocycles. The lowest BCUT2D eigenvalue weighted by molar-refractivity contribution is 0.0526. The van der Waals surface area contributed by atoms with E-state index in [1.54, 1.807) is 6.92 Å². The van der Waals surface area contributed by atoms with Crippen molar-refractivity contribution in [2.45, 2.75) is 24.3 Å². The highest BCUT2D eigenvalue weighted by atomic mass is 32.2. The van der Waals surface area contributed by atoms with Crippen molar-refractivity contribution in [3.8, 4) is 0 Å². The second kappa shape index (κ2) is 6.58. The van der Waals surface area contributed by atoms with Gasteiger partial charge in [-0.1, -0.05) is 0 Å². The fourth-order valence-corrected chi connectivity index (χ4v) is 5.66. The van der Waals surface area contributed by atoms with Crippen molar-refractivity contribution in [3.05, 3.63) is 29.8 Å². The quantitative estimate of drug-likeness (QED) is 0.715. The predicted octanol–water partition coefficient (Wildman–Crippen LogP) is 0.671. The summed E-state index contributed by atoms with van der Waals surface area (Å²) < 4.78 is 54.1. The Labute approximate surface area is 136 Å². The molecule has 0 bridgehead atoms. The first kappa shape index (κ1) is 17.9. The van der Waals surface area contributed by atoms with E-state index in [4.69, 9.17) is 4.74 Å². The number of esters is 1. The van der Waals surface area contributed by atoms with Crippen LogP contribution in [0, 0.1) is 0 Å². The van der Waals surface area contributed by atoms with E-state index < -0.39 is 31.9 Å². The van der Waals surface area contributed by atoms with Crippen LogP contribution in [0.3, 0.4) is 0 Å². The van der Waals surface area contributed by atoms with Gasteiger partial charge in [-0.25, -0.2) is 21.6 Å². The molecule has 1 saturated heterocycles. The van der Waals surface area contributed by atoms with Gasteiger partial charge in [0.2, 0.25) is 10.0 Å². The minimum Gasteiger partial charge on any atom is -0.462 e. The van der Waals surface area contributed by atoms with E-state index in [0.29, 0.717) is 6.42 Å². The highest BCUT2D eigenvalue weighted by molar-refractivity contribution is 7.92. The van der Waals surface area contributed by atoms with Crippen LogP contribution in [-0.4, -0.2) is 58.3 Å². The van der Waals surface area contributed by atoms with E-state index in [1.165, 1.54) is 31.3 Å². The Morgan fingerprint density at radius 3 is 2.39 bits per heavy atom. The van der Waals surface area contributed by atoms with E-state index in [2.05, 4.69) is 0 Å². The molecule has 0 spiro atoms. The summed E-state index contributed by atoms with van der Waals surface area (Å²) in [4.78, 5) is 11.6. The minimum atomic E-state index is -3.81. The zero-order valence-electron chi connectivity index (χ0n) is 12.9. The van der Waals surface area contributed by atoms with Gasteiger partial charge in [0.05, 0.1) is 28.6 Å². The number of benzene rings is 1. The SMILES string of the molecule is CCOC(=O)c1ccc(S(=O)(=O)N(C)[C@H]2CCS(=O)(=O)C2)cc1. The first-order valence-corrected chi connectivity index (χ1v) is 10.4. The number of carbonyl (C=O) groups excluding carboxylic acids is 1. The summed E-state index contributed by atoms with van der Waals surface area (Å²) in [6.45, 7) is 1.92. The molecule has 1 aromatic carbocycles. The van der Waals surface area contributed by atoms with E-state index in [1.807, 2.05) is 0 Å². The van der Waals surface area contributed by atoms with Crippen molar-refractivity contribution in [1.82, 2.24) is 4.31 Å². The molecule has 1 heterocycles. The van der Waals surface area contributed by atoms with Crippen molar-refractivity contribution < 1.29 is 26.4 Å². The smallest absolute Gasteiger partial charge is 0.338 e. The maximum Gasteiger partial charge on any atom is 0.338 e. The van der Waals surface area contributed by atoms with Crippen LogP contribution in [0.25, 0.3) is 0 Å². The zero-order chi connectivity index (χ0) is 17.3. The standard InChI is InChI=1S/C14H19NO6S2/c1-3-21-14(16)11-4-6-13(7-5-11)23(19,20)15(2)12-8-9-22(17,18)10-12/h4-7,12H,3,8-10H2,1-2H3/t12-/m0/s1. The Morgan fingerprint density at radius 1 is 1.30 bits per heavy atom. The number of hydrogen-bond donors (Lipinski definition) is 0. The summed E-state index contributed by atoms with van der Waals surface area (Å²) in [5.41, 5.74) is 0.261. The van der Waals surface area contributed by atoms with E-state index >= 15 is 0 Å².